The maximum absolute atomic E-state index is 12.3. The lowest BCUT2D eigenvalue weighted by Crippen LogP contribution is -2.26. The molecule has 0 aliphatic heterocycles. The Labute approximate surface area is 107 Å². The second kappa shape index (κ2) is 5.00. The summed E-state index contributed by atoms with van der Waals surface area (Å²) in [5, 5.41) is 0. The minimum atomic E-state index is -0.0221. The van der Waals surface area contributed by atoms with E-state index in [0.717, 1.165) is 11.3 Å². The van der Waals surface area contributed by atoms with Crippen molar-refractivity contribution in [2.75, 3.05) is 11.9 Å². The molecule has 0 saturated heterocycles. The zero-order valence-corrected chi connectivity index (χ0v) is 10.8. The summed E-state index contributed by atoms with van der Waals surface area (Å²) in [6.07, 6.45) is 3.37. The SMILES string of the molecule is Cc1ccc(C(=O)N(C)c2cccnc2)cc1C. The molecule has 3 nitrogen and oxygen atoms in total. The minimum absolute atomic E-state index is 0.0221. The molecule has 0 saturated carbocycles. The summed E-state index contributed by atoms with van der Waals surface area (Å²) in [5.41, 5.74) is 3.81. The first-order chi connectivity index (χ1) is 8.59. The van der Waals surface area contributed by atoms with Gasteiger partial charge in [-0.3, -0.25) is 9.78 Å². The lowest BCUT2D eigenvalue weighted by Gasteiger charge is -2.17. The average Bonchev–Trinajstić information content (AvgIpc) is 2.41. The van der Waals surface area contributed by atoms with Crippen LogP contribution >= 0.6 is 0 Å². The predicted octanol–water partition coefficient (Wildman–Crippen LogP) is 2.98. The van der Waals surface area contributed by atoms with Crippen LogP contribution in [0.15, 0.2) is 42.7 Å². The van der Waals surface area contributed by atoms with Crippen molar-refractivity contribution in [2.45, 2.75) is 13.8 Å². The van der Waals surface area contributed by atoms with Crippen LogP contribution in [0, 0.1) is 13.8 Å². The first kappa shape index (κ1) is 12.3. The van der Waals surface area contributed by atoms with E-state index in [4.69, 9.17) is 0 Å². The lowest BCUT2D eigenvalue weighted by atomic mass is 10.1. The molecule has 0 N–H and O–H groups in total. The molecule has 1 aromatic heterocycles. The van der Waals surface area contributed by atoms with Crippen molar-refractivity contribution in [1.82, 2.24) is 4.98 Å². The van der Waals surface area contributed by atoms with Gasteiger partial charge >= 0.3 is 0 Å². The third-order valence-electron chi connectivity index (χ3n) is 3.09. The fourth-order valence-corrected chi connectivity index (χ4v) is 1.74. The number of carbonyl (C=O) groups excluding carboxylic acids is 1. The van der Waals surface area contributed by atoms with Crippen molar-refractivity contribution < 1.29 is 4.79 Å². The van der Waals surface area contributed by atoms with Gasteiger partial charge in [-0.15, -0.1) is 0 Å². The predicted molar refractivity (Wildman–Crippen MR) is 72.9 cm³/mol. The molecule has 18 heavy (non-hydrogen) atoms. The highest BCUT2D eigenvalue weighted by Gasteiger charge is 2.13. The summed E-state index contributed by atoms with van der Waals surface area (Å²) in [6, 6.07) is 9.44. The molecule has 0 unspecified atom stereocenters. The Morgan fingerprint density at radius 2 is 1.94 bits per heavy atom. The second-order valence-corrected chi connectivity index (χ2v) is 4.37. The molecular formula is C15H16N2O. The van der Waals surface area contributed by atoms with Gasteiger partial charge in [0.05, 0.1) is 11.9 Å². The number of aryl methyl sites for hydroxylation is 2. The van der Waals surface area contributed by atoms with Gasteiger partial charge < -0.3 is 4.90 Å². The summed E-state index contributed by atoms with van der Waals surface area (Å²) in [5.74, 6) is -0.0221. The first-order valence-corrected chi connectivity index (χ1v) is 5.85. The fraction of sp³-hybridized carbons (Fsp3) is 0.200. The van der Waals surface area contributed by atoms with Crippen molar-refractivity contribution in [2.24, 2.45) is 0 Å². The maximum Gasteiger partial charge on any atom is 0.258 e. The quantitative estimate of drug-likeness (QED) is 0.808. The Kier molecular flexibility index (Phi) is 3.42. The number of nitrogens with zero attached hydrogens (tertiary/aromatic N) is 2. The Bertz CT molecular complexity index is 564. The third kappa shape index (κ3) is 2.40. The number of anilines is 1. The molecule has 0 radical (unpaired) electrons. The highest BCUT2D eigenvalue weighted by molar-refractivity contribution is 6.05. The zero-order chi connectivity index (χ0) is 13.1. The van der Waals surface area contributed by atoms with E-state index < -0.39 is 0 Å². The lowest BCUT2D eigenvalue weighted by molar-refractivity contribution is 0.0993. The van der Waals surface area contributed by atoms with Gasteiger partial charge in [-0.05, 0) is 49.2 Å². The van der Waals surface area contributed by atoms with Gasteiger partial charge in [0.2, 0.25) is 0 Å². The molecule has 0 fully saturated rings. The van der Waals surface area contributed by atoms with Crippen LogP contribution in [0.1, 0.15) is 21.5 Å². The molecule has 0 spiro atoms. The van der Waals surface area contributed by atoms with E-state index >= 15 is 0 Å². The van der Waals surface area contributed by atoms with Crippen molar-refractivity contribution in [3.63, 3.8) is 0 Å². The van der Waals surface area contributed by atoms with Crippen LogP contribution in [0.3, 0.4) is 0 Å². The molecule has 1 amide bonds. The molecule has 1 aromatic carbocycles. The summed E-state index contributed by atoms with van der Waals surface area (Å²) >= 11 is 0. The Hall–Kier alpha value is -2.16. The third-order valence-corrected chi connectivity index (χ3v) is 3.09. The zero-order valence-electron chi connectivity index (χ0n) is 10.8. The van der Waals surface area contributed by atoms with Crippen LogP contribution in [0.25, 0.3) is 0 Å². The number of benzene rings is 1. The molecule has 0 bridgehead atoms. The summed E-state index contributed by atoms with van der Waals surface area (Å²) < 4.78 is 0. The van der Waals surface area contributed by atoms with E-state index in [0.29, 0.717) is 5.56 Å². The normalized spacial score (nSPS) is 10.2. The topological polar surface area (TPSA) is 33.2 Å². The van der Waals surface area contributed by atoms with Gasteiger partial charge in [0, 0.05) is 18.8 Å². The minimum Gasteiger partial charge on any atom is -0.310 e. The molecule has 1 heterocycles. The molecule has 2 rings (SSSR count). The van der Waals surface area contributed by atoms with E-state index in [-0.39, 0.29) is 5.91 Å². The monoisotopic (exact) mass is 240 g/mol. The molecule has 2 aromatic rings. The van der Waals surface area contributed by atoms with Gasteiger partial charge in [0.15, 0.2) is 0 Å². The molecule has 92 valence electrons. The first-order valence-electron chi connectivity index (χ1n) is 5.85. The summed E-state index contributed by atoms with van der Waals surface area (Å²) in [7, 11) is 1.76. The number of pyridine rings is 1. The van der Waals surface area contributed by atoms with E-state index in [2.05, 4.69) is 4.98 Å². The van der Waals surface area contributed by atoms with Crippen LogP contribution in [-0.4, -0.2) is 17.9 Å². The molecule has 0 aliphatic carbocycles. The van der Waals surface area contributed by atoms with Crippen molar-refractivity contribution in [1.29, 1.82) is 0 Å². The van der Waals surface area contributed by atoms with Gasteiger partial charge in [-0.2, -0.15) is 0 Å². The Morgan fingerprint density at radius 3 is 2.56 bits per heavy atom. The maximum atomic E-state index is 12.3. The van der Waals surface area contributed by atoms with Gasteiger partial charge in [-0.1, -0.05) is 6.07 Å². The number of hydrogen-bond acceptors (Lipinski definition) is 2. The van der Waals surface area contributed by atoms with Crippen LogP contribution < -0.4 is 4.90 Å². The van der Waals surface area contributed by atoms with Crippen molar-refractivity contribution in [3.8, 4) is 0 Å². The molecule has 3 heteroatoms. The highest BCUT2D eigenvalue weighted by Crippen LogP contribution is 2.16. The summed E-state index contributed by atoms with van der Waals surface area (Å²) in [6.45, 7) is 4.05. The standard InChI is InChI=1S/C15H16N2O/c1-11-6-7-13(9-12(11)2)15(18)17(3)14-5-4-8-16-10-14/h4-10H,1-3H3. The van der Waals surface area contributed by atoms with Crippen molar-refractivity contribution in [3.05, 3.63) is 59.4 Å². The summed E-state index contributed by atoms with van der Waals surface area (Å²) in [4.78, 5) is 17.9. The van der Waals surface area contributed by atoms with Gasteiger partial charge in [-0.25, -0.2) is 0 Å². The van der Waals surface area contributed by atoms with E-state index in [9.17, 15) is 4.79 Å². The number of hydrogen-bond donors (Lipinski definition) is 0. The second-order valence-electron chi connectivity index (χ2n) is 4.37. The number of aromatic nitrogens is 1. The van der Waals surface area contributed by atoms with Crippen LogP contribution in [0.5, 0.6) is 0 Å². The van der Waals surface area contributed by atoms with Crippen molar-refractivity contribution >= 4 is 11.6 Å². The van der Waals surface area contributed by atoms with Crippen LogP contribution in [0.4, 0.5) is 5.69 Å². The Morgan fingerprint density at radius 1 is 1.17 bits per heavy atom. The average molecular weight is 240 g/mol. The highest BCUT2D eigenvalue weighted by atomic mass is 16.2. The molecule has 0 aliphatic rings. The van der Waals surface area contributed by atoms with E-state index in [1.165, 1.54) is 5.56 Å². The van der Waals surface area contributed by atoms with Crippen LogP contribution in [0.2, 0.25) is 0 Å². The number of amides is 1. The van der Waals surface area contributed by atoms with Crippen LogP contribution in [-0.2, 0) is 0 Å². The molecular weight excluding hydrogens is 224 g/mol. The number of carbonyl (C=O) groups is 1. The largest absolute Gasteiger partial charge is 0.310 e. The smallest absolute Gasteiger partial charge is 0.258 e. The number of rotatable bonds is 2. The molecule has 0 atom stereocenters. The van der Waals surface area contributed by atoms with Gasteiger partial charge in [0.1, 0.15) is 0 Å². The van der Waals surface area contributed by atoms with Gasteiger partial charge in [0.25, 0.3) is 5.91 Å². The van der Waals surface area contributed by atoms with E-state index in [1.807, 2.05) is 44.2 Å². The fourth-order valence-electron chi connectivity index (χ4n) is 1.74. The van der Waals surface area contributed by atoms with E-state index in [1.54, 1.807) is 24.3 Å². The Balaban J connectivity index is 2.29.